The standard InChI is InChI=1S/C12H16FN3Si/c1-17(2,3)12(11-8-14-16-15-11)9-4-6-10(13)7-5-9/h4-8,12H,1-3H3,(H,14,15,16). The van der Waals surface area contributed by atoms with E-state index in [1.54, 1.807) is 0 Å². The van der Waals surface area contributed by atoms with Gasteiger partial charge in [0, 0.05) is 11.7 Å². The monoisotopic (exact) mass is 249 g/mol. The van der Waals surface area contributed by atoms with Crippen molar-refractivity contribution in [1.82, 2.24) is 15.4 Å². The fourth-order valence-corrected chi connectivity index (χ4v) is 4.34. The number of nitrogens with zero attached hydrogens (tertiary/aromatic N) is 2. The van der Waals surface area contributed by atoms with Crippen LogP contribution in [0, 0.1) is 5.82 Å². The van der Waals surface area contributed by atoms with Crippen molar-refractivity contribution in [3.05, 3.63) is 47.5 Å². The number of hydrogen-bond donors (Lipinski definition) is 1. The summed E-state index contributed by atoms with van der Waals surface area (Å²) in [5, 5.41) is 10.6. The van der Waals surface area contributed by atoms with Crippen LogP contribution in [0.3, 0.4) is 0 Å². The van der Waals surface area contributed by atoms with Gasteiger partial charge in [-0.05, 0) is 17.7 Å². The molecule has 1 aromatic carbocycles. The van der Waals surface area contributed by atoms with Gasteiger partial charge in [0.1, 0.15) is 5.82 Å². The Balaban J connectivity index is 2.45. The van der Waals surface area contributed by atoms with Crippen molar-refractivity contribution in [2.24, 2.45) is 0 Å². The van der Waals surface area contributed by atoms with Crippen LogP contribution in [-0.2, 0) is 0 Å². The lowest BCUT2D eigenvalue weighted by molar-refractivity contribution is 0.627. The second kappa shape index (κ2) is 4.41. The van der Waals surface area contributed by atoms with E-state index < -0.39 is 8.07 Å². The molecule has 17 heavy (non-hydrogen) atoms. The highest BCUT2D eigenvalue weighted by molar-refractivity contribution is 6.78. The number of nitrogens with one attached hydrogen (secondary N) is 1. The minimum Gasteiger partial charge on any atom is -0.265 e. The lowest BCUT2D eigenvalue weighted by Gasteiger charge is -2.27. The van der Waals surface area contributed by atoms with E-state index in [2.05, 4.69) is 35.1 Å². The third-order valence-electron chi connectivity index (χ3n) is 2.80. The molecule has 1 aromatic heterocycles. The van der Waals surface area contributed by atoms with Crippen LogP contribution in [0.2, 0.25) is 19.6 Å². The van der Waals surface area contributed by atoms with Crippen molar-refractivity contribution in [3.8, 4) is 0 Å². The van der Waals surface area contributed by atoms with Gasteiger partial charge in [0.2, 0.25) is 0 Å². The molecule has 90 valence electrons. The van der Waals surface area contributed by atoms with Gasteiger partial charge >= 0.3 is 0 Å². The molecular formula is C12H16FN3Si. The fraction of sp³-hybridized carbons (Fsp3) is 0.333. The number of halogens is 1. The van der Waals surface area contributed by atoms with Gasteiger partial charge in [0.25, 0.3) is 0 Å². The Hall–Kier alpha value is -1.49. The van der Waals surface area contributed by atoms with Crippen molar-refractivity contribution in [3.63, 3.8) is 0 Å². The number of rotatable bonds is 3. The zero-order valence-corrected chi connectivity index (χ0v) is 11.2. The van der Waals surface area contributed by atoms with E-state index in [0.717, 1.165) is 11.3 Å². The minimum atomic E-state index is -1.49. The molecule has 1 N–H and O–H groups in total. The molecule has 0 aliphatic carbocycles. The maximum Gasteiger partial charge on any atom is 0.123 e. The molecule has 2 rings (SSSR count). The summed E-state index contributed by atoms with van der Waals surface area (Å²) in [4.78, 5) is 0. The summed E-state index contributed by atoms with van der Waals surface area (Å²) in [6.45, 7) is 6.82. The van der Waals surface area contributed by atoms with Crippen molar-refractivity contribution in [1.29, 1.82) is 0 Å². The summed E-state index contributed by atoms with van der Waals surface area (Å²) in [7, 11) is -1.49. The molecule has 1 unspecified atom stereocenters. The second-order valence-electron chi connectivity index (χ2n) is 5.25. The van der Waals surface area contributed by atoms with Gasteiger partial charge in [0.05, 0.1) is 13.8 Å². The zero-order valence-electron chi connectivity index (χ0n) is 10.2. The first-order valence-electron chi connectivity index (χ1n) is 5.60. The molecule has 1 atom stereocenters. The molecule has 5 heteroatoms. The molecule has 0 saturated carbocycles. The van der Waals surface area contributed by atoms with E-state index in [4.69, 9.17) is 0 Å². The Morgan fingerprint density at radius 1 is 1.18 bits per heavy atom. The average molecular weight is 249 g/mol. The molecular weight excluding hydrogens is 233 g/mol. The average Bonchev–Trinajstić information content (AvgIpc) is 2.72. The van der Waals surface area contributed by atoms with Crippen molar-refractivity contribution < 1.29 is 4.39 Å². The second-order valence-corrected chi connectivity index (χ2v) is 10.6. The van der Waals surface area contributed by atoms with E-state index in [1.165, 1.54) is 12.1 Å². The number of aromatic nitrogens is 3. The van der Waals surface area contributed by atoms with Gasteiger partial charge in [-0.3, -0.25) is 5.10 Å². The van der Waals surface area contributed by atoms with E-state index >= 15 is 0 Å². The minimum absolute atomic E-state index is 0.205. The summed E-state index contributed by atoms with van der Waals surface area (Å²) >= 11 is 0. The molecule has 0 aliphatic heterocycles. The maximum atomic E-state index is 13.0. The lowest BCUT2D eigenvalue weighted by atomic mass is 10.1. The molecule has 0 bridgehead atoms. The normalized spacial score (nSPS) is 13.6. The van der Waals surface area contributed by atoms with Crippen molar-refractivity contribution in [2.75, 3.05) is 0 Å². The van der Waals surface area contributed by atoms with Gasteiger partial charge in [-0.2, -0.15) is 0 Å². The predicted molar refractivity (Wildman–Crippen MR) is 68.0 cm³/mol. The number of aromatic amines is 1. The van der Waals surface area contributed by atoms with Crippen LogP contribution in [0.1, 0.15) is 16.8 Å². The molecule has 2 aromatic rings. The van der Waals surface area contributed by atoms with E-state index in [1.807, 2.05) is 18.3 Å². The molecule has 0 fully saturated rings. The molecule has 1 heterocycles. The van der Waals surface area contributed by atoms with E-state index in [-0.39, 0.29) is 11.4 Å². The molecule has 0 aliphatic rings. The van der Waals surface area contributed by atoms with Crippen LogP contribution < -0.4 is 0 Å². The highest BCUT2D eigenvalue weighted by Gasteiger charge is 2.31. The van der Waals surface area contributed by atoms with Gasteiger partial charge in [-0.25, -0.2) is 4.39 Å². The first kappa shape index (κ1) is 12.0. The van der Waals surface area contributed by atoms with Crippen LogP contribution in [0.25, 0.3) is 0 Å². The fourth-order valence-electron chi connectivity index (χ4n) is 2.12. The largest absolute Gasteiger partial charge is 0.265 e. The van der Waals surface area contributed by atoms with Crippen molar-refractivity contribution in [2.45, 2.75) is 25.2 Å². The van der Waals surface area contributed by atoms with Crippen LogP contribution in [0.5, 0.6) is 0 Å². The van der Waals surface area contributed by atoms with Crippen LogP contribution in [-0.4, -0.2) is 23.5 Å². The number of benzene rings is 1. The molecule has 3 nitrogen and oxygen atoms in total. The van der Waals surface area contributed by atoms with Crippen molar-refractivity contribution >= 4 is 8.07 Å². The van der Waals surface area contributed by atoms with Gasteiger partial charge in [-0.15, -0.1) is 5.10 Å². The summed E-state index contributed by atoms with van der Waals surface area (Å²) in [5.41, 5.74) is 2.29. The van der Waals surface area contributed by atoms with Gasteiger partial charge in [0.15, 0.2) is 0 Å². The topological polar surface area (TPSA) is 41.6 Å². The predicted octanol–water partition coefficient (Wildman–Crippen LogP) is 2.95. The first-order valence-corrected chi connectivity index (χ1v) is 9.18. The van der Waals surface area contributed by atoms with Gasteiger partial charge in [-0.1, -0.05) is 37.0 Å². The third-order valence-corrected chi connectivity index (χ3v) is 5.16. The quantitative estimate of drug-likeness (QED) is 0.850. The van der Waals surface area contributed by atoms with Gasteiger partial charge < -0.3 is 0 Å². The highest BCUT2D eigenvalue weighted by Crippen LogP contribution is 2.32. The summed E-state index contributed by atoms with van der Waals surface area (Å²) < 4.78 is 13.0. The smallest absolute Gasteiger partial charge is 0.123 e. The highest BCUT2D eigenvalue weighted by atomic mass is 28.3. The Labute approximate surface area is 101 Å². The Bertz CT molecular complexity index is 473. The zero-order chi connectivity index (χ0) is 12.5. The Morgan fingerprint density at radius 2 is 1.82 bits per heavy atom. The first-order chi connectivity index (χ1) is 7.98. The van der Waals surface area contributed by atoms with Crippen LogP contribution in [0.4, 0.5) is 4.39 Å². The van der Waals surface area contributed by atoms with E-state index in [0.29, 0.717) is 0 Å². The lowest BCUT2D eigenvalue weighted by Crippen LogP contribution is -2.32. The summed E-state index contributed by atoms with van der Waals surface area (Å²) in [6.07, 6.45) is 1.83. The Kier molecular flexibility index (Phi) is 3.10. The SMILES string of the molecule is C[Si](C)(C)C(c1ccc(F)cc1)c1c[nH]nn1. The molecule has 0 saturated heterocycles. The molecule has 0 spiro atoms. The third kappa shape index (κ3) is 2.61. The molecule has 0 amide bonds. The number of H-pyrrole nitrogens is 1. The number of hydrogen-bond acceptors (Lipinski definition) is 2. The van der Waals surface area contributed by atoms with E-state index in [9.17, 15) is 4.39 Å². The summed E-state index contributed by atoms with van der Waals surface area (Å²) in [6, 6.07) is 6.69. The Morgan fingerprint density at radius 3 is 2.29 bits per heavy atom. The molecule has 0 radical (unpaired) electrons. The van der Waals surface area contributed by atoms with Crippen LogP contribution in [0.15, 0.2) is 30.5 Å². The summed E-state index contributed by atoms with van der Waals surface area (Å²) in [5.74, 6) is -0.205. The maximum absolute atomic E-state index is 13.0. The van der Waals surface area contributed by atoms with Crippen LogP contribution >= 0.6 is 0 Å².